The smallest absolute Gasteiger partial charge is 0.141 e. The average molecular weight is 316 g/mol. The van der Waals surface area contributed by atoms with Crippen LogP contribution < -0.4 is 0 Å². The lowest BCUT2D eigenvalue weighted by Gasteiger charge is -2.46. The van der Waals surface area contributed by atoms with E-state index in [-0.39, 0.29) is 0 Å². The van der Waals surface area contributed by atoms with Gasteiger partial charge < -0.3 is 4.52 Å². The zero-order valence-corrected chi connectivity index (χ0v) is 15.0. The summed E-state index contributed by atoms with van der Waals surface area (Å²) in [4.78, 5) is 2.65. The Kier molecular flexibility index (Phi) is 4.25. The standard InChI is InChI=1S/C20H32N2O/c1-4-15-11-19(23-21-15)20-17(14-7-5-13(2)6-8-14)12-16-9-10-18(20)22(16)3/h11,13-14,16-18,20H,4-10,12H2,1-3H3/t13?,14?,16-,17-,18?,20+/m1/s1. The van der Waals surface area contributed by atoms with Crippen LogP contribution >= 0.6 is 0 Å². The summed E-state index contributed by atoms with van der Waals surface area (Å²) in [5.41, 5.74) is 1.12. The summed E-state index contributed by atoms with van der Waals surface area (Å²) >= 11 is 0. The first-order valence-electron chi connectivity index (χ1n) is 9.84. The lowest BCUT2D eigenvalue weighted by atomic mass is 9.66. The van der Waals surface area contributed by atoms with Gasteiger partial charge in [-0.2, -0.15) is 0 Å². The Hall–Kier alpha value is -0.830. The van der Waals surface area contributed by atoms with Crippen LogP contribution in [0.3, 0.4) is 0 Å². The van der Waals surface area contributed by atoms with Crippen LogP contribution in [-0.4, -0.2) is 29.2 Å². The molecule has 1 aliphatic carbocycles. The molecule has 2 bridgehead atoms. The van der Waals surface area contributed by atoms with Gasteiger partial charge in [-0.3, -0.25) is 4.90 Å². The van der Waals surface area contributed by atoms with Crippen LogP contribution in [0.1, 0.15) is 76.2 Å². The van der Waals surface area contributed by atoms with Crippen molar-refractivity contribution in [1.82, 2.24) is 10.1 Å². The Labute approximate surface area is 140 Å². The molecule has 1 saturated carbocycles. The highest BCUT2D eigenvalue weighted by Gasteiger charge is 2.49. The van der Waals surface area contributed by atoms with Crippen LogP contribution in [0, 0.1) is 17.8 Å². The fourth-order valence-corrected chi connectivity index (χ4v) is 5.76. The van der Waals surface area contributed by atoms with E-state index in [1.807, 2.05) is 0 Å². The number of hydrogen-bond acceptors (Lipinski definition) is 3. The number of hydrogen-bond donors (Lipinski definition) is 0. The van der Waals surface area contributed by atoms with Crippen LogP contribution in [0.4, 0.5) is 0 Å². The highest BCUT2D eigenvalue weighted by molar-refractivity contribution is 5.18. The molecule has 4 rings (SSSR count). The Balaban J connectivity index is 1.62. The van der Waals surface area contributed by atoms with Crippen molar-refractivity contribution >= 4 is 0 Å². The maximum absolute atomic E-state index is 5.86. The normalized spacial score (nSPS) is 41.3. The Morgan fingerprint density at radius 2 is 1.96 bits per heavy atom. The molecule has 1 aromatic heterocycles. The topological polar surface area (TPSA) is 29.3 Å². The molecule has 2 aliphatic heterocycles. The van der Waals surface area contributed by atoms with Crippen molar-refractivity contribution in [3.63, 3.8) is 0 Å². The lowest BCUT2D eigenvalue weighted by Crippen LogP contribution is -2.47. The molecule has 0 spiro atoms. The quantitative estimate of drug-likeness (QED) is 0.814. The molecule has 23 heavy (non-hydrogen) atoms. The van der Waals surface area contributed by atoms with E-state index in [1.54, 1.807) is 0 Å². The van der Waals surface area contributed by atoms with Crippen molar-refractivity contribution in [1.29, 1.82) is 0 Å². The summed E-state index contributed by atoms with van der Waals surface area (Å²) in [6, 6.07) is 3.75. The minimum Gasteiger partial charge on any atom is -0.361 e. The number of nitrogens with zero attached hydrogens (tertiary/aromatic N) is 2. The molecule has 3 aliphatic rings. The van der Waals surface area contributed by atoms with Crippen molar-refractivity contribution < 1.29 is 4.52 Å². The molecule has 1 aromatic rings. The van der Waals surface area contributed by atoms with E-state index in [9.17, 15) is 0 Å². The molecule has 4 atom stereocenters. The second-order valence-electron chi connectivity index (χ2n) is 8.48. The van der Waals surface area contributed by atoms with Gasteiger partial charge in [-0.25, -0.2) is 0 Å². The van der Waals surface area contributed by atoms with Gasteiger partial charge in [0.1, 0.15) is 5.76 Å². The van der Waals surface area contributed by atoms with Gasteiger partial charge >= 0.3 is 0 Å². The minimum atomic E-state index is 0.574. The van der Waals surface area contributed by atoms with Crippen molar-refractivity contribution in [3.8, 4) is 0 Å². The van der Waals surface area contributed by atoms with Crippen molar-refractivity contribution in [3.05, 3.63) is 17.5 Å². The zero-order valence-electron chi connectivity index (χ0n) is 15.0. The Morgan fingerprint density at radius 1 is 1.17 bits per heavy atom. The highest BCUT2D eigenvalue weighted by Crippen LogP contribution is 2.52. The van der Waals surface area contributed by atoms with Crippen LogP contribution in [0.2, 0.25) is 0 Å². The number of fused-ring (bicyclic) bond motifs is 2. The van der Waals surface area contributed by atoms with Gasteiger partial charge in [-0.05, 0) is 63.3 Å². The van der Waals surface area contributed by atoms with E-state index in [2.05, 4.69) is 37.0 Å². The third-order valence-corrected chi connectivity index (χ3v) is 7.25. The SMILES string of the molecule is CCc1cc([C@@H]2C3CC[C@H](C[C@@H]2C2CCC(C)CC2)N3C)on1. The fraction of sp³-hybridized carbons (Fsp3) is 0.850. The number of aryl methyl sites for hydroxylation is 1. The van der Waals surface area contributed by atoms with E-state index in [4.69, 9.17) is 4.52 Å². The molecule has 3 heteroatoms. The van der Waals surface area contributed by atoms with Gasteiger partial charge in [-0.15, -0.1) is 0 Å². The zero-order chi connectivity index (χ0) is 16.0. The maximum Gasteiger partial charge on any atom is 0.141 e. The van der Waals surface area contributed by atoms with E-state index in [0.717, 1.165) is 35.9 Å². The van der Waals surface area contributed by atoms with Crippen LogP contribution in [-0.2, 0) is 6.42 Å². The predicted octanol–water partition coefficient (Wildman–Crippen LogP) is 4.63. The molecule has 1 unspecified atom stereocenters. The molecule has 128 valence electrons. The molecule has 3 nitrogen and oxygen atoms in total. The number of rotatable bonds is 3. The maximum atomic E-state index is 5.86. The lowest BCUT2D eigenvalue weighted by molar-refractivity contribution is 0.0470. The van der Waals surface area contributed by atoms with Gasteiger partial charge in [0.05, 0.1) is 5.69 Å². The summed E-state index contributed by atoms with van der Waals surface area (Å²) in [6.45, 7) is 4.59. The fourth-order valence-electron chi connectivity index (χ4n) is 5.76. The molecule has 2 saturated heterocycles. The van der Waals surface area contributed by atoms with Crippen LogP contribution in [0.5, 0.6) is 0 Å². The van der Waals surface area contributed by atoms with Crippen molar-refractivity contribution in [2.45, 2.75) is 83.2 Å². The number of aromatic nitrogens is 1. The van der Waals surface area contributed by atoms with Gasteiger partial charge in [0.25, 0.3) is 0 Å². The molecular formula is C20H32N2O. The minimum absolute atomic E-state index is 0.574. The summed E-state index contributed by atoms with van der Waals surface area (Å²) in [7, 11) is 2.34. The van der Waals surface area contributed by atoms with Crippen LogP contribution in [0.15, 0.2) is 10.6 Å². The molecule has 3 heterocycles. The highest BCUT2D eigenvalue weighted by atomic mass is 16.5. The first-order chi connectivity index (χ1) is 11.2. The number of likely N-dealkylation sites (N-methyl/N-ethyl adjacent to an activating group) is 1. The van der Waals surface area contributed by atoms with Crippen molar-refractivity contribution in [2.75, 3.05) is 7.05 Å². The van der Waals surface area contributed by atoms with E-state index >= 15 is 0 Å². The monoisotopic (exact) mass is 316 g/mol. The first kappa shape index (κ1) is 15.7. The van der Waals surface area contributed by atoms with Crippen molar-refractivity contribution in [2.24, 2.45) is 17.8 Å². The summed E-state index contributed by atoms with van der Waals surface area (Å²) < 4.78 is 5.86. The summed E-state index contributed by atoms with van der Waals surface area (Å²) in [5.74, 6) is 4.41. The molecule has 0 N–H and O–H groups in total. The van der Waals surface area contributed by atoms with E-state index in [1.165, 1.54) is 50.7 Å². The predicted molar refractivity (Wildman–Crippen MR) is 92.4 cm³/mol. The largest absolute Gasteiger partial charge is 0.361 e. The third-order valence-electron chi connectivity index (χ3n) is 7.25. The molecule has 0 aromatic carbocycles. The van der Waals surface area contributed by atoms with Gasteiger partial charge in [0.15, 0.2) is 0 Å². The molecule has 0 amide bonds. The molecule has 3 fully saturated rings. The van der Waals surface area contributed by atoms with Crippen LogP contribution in [0.25, 0.3) is 0 Å². The molecule has 0 radical (unpaired) electrons. The second kappa shape index (κ2) is 6.23. The van der Waals surface area contributed by atoms with E-state index < -0.39 is 0 Å². The Morgan fingerprint density at radius 3 is 2.65 bits per heavy atom. The third kappa shape index (κ3) is 2.75. The van der Waals surface area contributed by atoms with Gasteiger partial charge in [0.2, 0.25) is 0 Å². The molecular weight excluding hydrogens is 284 g/mol. The Bertz CT molecular complexity index is 531. The average Bonchev–Trinajstić information content (AvgIpc) is 3.11. The van der Waals surface area contributed by atoms with Gasteiger partial charge in [-0.1, -0.05) is 31.8 Å². The summed E-state index contributed by atoms with van der Waals surface area (Å²) in [6.07, 6.45) is 10.8. The first-order valence-corrected chi connectivity index (χ1v) is 9.84. The van der Waals surface area contributed by atoms with Gasteiger partial charge in [0, 0.05) is 24.1 Å². The van der Waals surface area contributed by atoms with E-state index in [0.29, 0.717) is 12.0 Å². The second-order valence-corrected chi connectivity index (χ2v) is 8.48. The summed E-state index contributed by atoms with van der Waals surface area (Å²) in [5, 5.41) is 4.32. The number of piperidine rings is 1.